The molecular formula is C72H75N3O. The van der Waals surface area contributed by atoms with Crippen molar-refractivity contribution in [2.24, 2.45) is 0 Å². The number of fused-ring (bicyclic) bond motifs is 3. The molecule has 0 N–H and O–H groups in total. The molecule has 0 fully saturated rings. The molecule has 10 rings (SSSR count). The maximum Gasteiger partial charge on any atom is 0.128 e. The highest BCUT2D eigenvalue weighted by molar-refractivity contribution is 5.87. The van der Waals surface area contributed by atoms with Crippen LogP contribution in [0.15, 0.2) is 182 Å². The molecule has 0 aliphatic heterocycles. The fraction of sp³-hybridized carbons (Fsp3) is 0.278. The second kappa shape index (κ2) is 19.2. The van der Waals surface area contributed by atoms with Crippen LogP contribution in [0.25, 0.3) is 33.5 Å². The van der Waals surface area contributed by atoms with Gasteiger partial charge in [0.2, 0.25) is 0 Å². The first-order valence-corrected chi connectivity index (χ1v) is 27.1. The van der Waals surface area contributed by atoms with Gasteiger partial charge in [0.15, 0.2) is 0 Å². The topological polar surface area (TPSA) is 38.2 Å². The van der Waals surface area contributed by atoms with Crippen LogP contribution in [0.1, 0.15) is 144 Å². The van der Waals surface area contributed by atoms with E-state index in [-0.39, 0.29) is 21.7 Å². The number of rotatable bonds is 9. The number of benzene rings is 7. The molecule has 0 bridgehead atoms. The van der Waals surface area contributed by atoms with E-state index in [9.17, 15) is 0 Å². The van der Waals surface area contributed by atoms with E-state index >= 15 is 0 Å². The molecule has 4 heteroatoms. The predicted molar refractivity (Wildman–Crippen MR) is 320 cm³/mol. The third-order valence-electron chi connectivity index (χ3n) is 15.6. The number of aryl methyl sites for hydroxylation is 3. The maximum atomic E-state index is 7.25. The number of aromatic nitrogens is 2. The molecule has 7 aromatic carbocycles. The van der Waals surface area contributed by atoms with Gasteiger partial charge in [-0.25, -0.2) is 0 Å². The molecule has 0 spiro atoms. The Balaban J connectivity index is 1.14. The lowest BCUT2D eigenvalue weighted by molar-refractivity contribution is 0.481. The zero-order chi connectivity index (χ0) is 54.1. The van der Waals surface area contributed by atoms with Gasteiger partial charge in [-0.15, -0.1) is 0 Å². The van der Waals surface area contributed by atoms with Crippen molar-refractivity contribution >= 4 is 17.1 Å². The molecule has 0 unspecified atom stereocenters. The van der Waals surface area contributed by atoms with Crippen LogP contribution in [0.5, 0.6) is 11.5 Å². The minimum absolute atomic E-state index is 0.0298. The second-order valence-corrected chi connectivity index (χ2v) is 25.5. The lowest BCUT2D eigenvalue weighted by Gasteiger charge is -2.34. The molecule has 0 saturated carbocycles. The summed E-state index contributed by atoms with van der Waals surface area (Å²) in [5, 5.41) is 0. The summed E-state index contributed by atoms with van der Waals surface area (Å²) in [6.45, 7) is 34.0. The van der Waals surface area contributed by atoms with E-state index in [2.05, 4.69) is 273 Å². The predicted octanol–water partition coefficient (Wildman–Crippen LogP) is 19.6. The molecule has 2 aromatic heterocycles. The Bertz CT molecular complexity index is 3470. The molecule has 1 aliphatic carbocycles. The standard InChI is InChI=1S/C72H75N3O/c1-46-37-47(2)67(48(3)38-46)50-39-49(65-45-58(34-36-73-65)75(56-28-22-51(23-29-56)68(4,5)6)57-30-24-52(25-31-57)69(7,8)9)40-60(41-50)76-59-20-18-19-55(42-59)72(66-21-16-17-35-74-66)63-43-53(70(10,11)12)26-32-61(63)62-33-27-54(44-64(62)72)71(13,14)15/h16-45H,1-15H3. The van der Waals surface area contributed by atoms with Crippen molar-refractivity contribution < 1.29 is 4.74 Å². The molecule has 384 valence electrons. The number of hydrogen-bond donors (Lipinski definition) is 0. The normalized spacial score (nSPS) is 13.3. The minimum Gasteiger partial charge on any atom is -0.457 e. The van der Waals surface area contributed by atoms with E-state index in [0.717, 1.165) is 56.6 Å². The van der Waals surface area contributed by atoms with E-state index in [1.165, 1.54) is 66.8 Å². The summed E-state index contributed by atoms with van der Waals surface area (Å²) >= 11 is 0. The highest BCUT2D eigenvalue weighted by atomic mass is 16.5. The summed E-state index contributed by atoms with van der Waals surface area (Å²) in [5.74, 6) is 1.47. The molecule has 4 nitrogen and oxygen atoms in total. The summed E-state index contributed by atoms with van der Waals surface area (Å²) < 4.78 is 7.25. The van der Waals surface area contributed by atoms with Crippen molar-refractivity contribution in [3.05, 3.63) is 244 Å². The molecular weight excluding hydrogens is 923 g/mol. The average Bonchev–Trinajstić information content (AvgIpc) is 3.79. The van der Waals surface area contributed by atoms with Crippen LogP contribution in [0.2, 0.25) is 0 Å². The van der Waals surface area contributed by atoms with E-state index in [0.29, 0.717) is 0 Å². The van der Waals surface area contributed by atoms with E-state index < -0.39 is 5.41 Å². The van der Waals surface area contributed by atoms with Crippen LogP contribution in [0, 0.1) is 20.8 Å². The number of nitrogens with zero attached hydrogens (tertiary/aromatic N) is 3. The van der Waals surface area contributed by atoms with Crippen LogP contribution in [-0.4, -0.2) is 9.97 Å². The fourth-order valence-electron chi connectivity index (χ4n) is 11.5. The van der Waals surface area contributed by atoms with Gasteiger partial charge in [0.05, 0.1) is 16.8 Å². The summed E-state index contributed by atoms with van der Waals surface area (Å²) in [7, 11) is 0. The van der Waals surface area contributed by atoms with Gasteiger partial charge in [-0.2, -0.15) is 0 Å². The molecule has 9 aromatic rings. The van der Waals surface area contributed by atoms with Gasteiger partial charge in [-0.05, 0) is 194 Å². The summed E-state index contributed by atoms with van der Waals surface area (Å²) in [6.07, 6.45) is 3.88. The first-order valence-electron chi connectivity index (χ1n) is 27.1. The molecule has 0 amide bonds. The number of hydrogen-bond acceptors (Lipinski definition) is 4. The summed E-state index contributed by atoms with van der Waals surface area (Å²) in [6, 6.07) is 62.8. The molecule has 0 saturated heterocycles. The lowest BCUT2D eigenvalue weighted by atomic mass is 9.68. The van der Waals surface area contributed by atoms with Crippen molar-refractivity contribution in [1.82, 2.24) is 9.97 Å². The van der Waals surface area contributed by atoms with Gasteiger partial charge >= 0.3 is 0 Å². The van der Waals surface area contributed by atoms with Gasteiger partial charge in [-0.3, -0.25) is 9.97 Å². The fourth-order valence-corrected chi connectivity index (χ4v) is 11.5. The smallest absolute Gasteiger partial charge is 0.128 e. The van der Waals surface area contributed by atoms with E-state index in [4.69, 9.17) is 14.7 Å². The number of anilines is 3. The molecule has 76 heavy (non-hydrogen) atoms. The van der Waals surface area contributed by atoms with Gasteiger partial charge in [0.1, 0.15) is 11.5 Å². The summed E-state index contributed by atoms with van der Waals surface area (Å²) in [5.41, 5.74) is 22.3. The quantitative estimate of drug-likeness (QED) is 0.144. The Labute approximate surface area is 453 Å². The second-order valence-electron chi connectivity index (χ2n) is 25.5. The van der Waals surface area contributed by atoms with Crippen molar-refractivity contribution in [2.45, 2.75) is 131 Å². The lowest BCUT2D eigenvalue weighted by Crippen LogP contribution is -2.30. The molecule has 1 aliphatic rings. The monoisotopic (exact) mass is 998 g/mol. The van der Waals surface area contributed by atoms with Gasteiger partial charge in [0, 0.05) is 35.0 Å². The number of ether oxygens (including phenoxy) is 1. The van der Waals surface area contributed by atoms with Gasteiger partial charge < -0.3 is 9.64 Å². The highest BCUT2D eigenvalue weighted by Crippen LogP contribution is 2.57. The van der Waals surface area contributed by atoms with Crippen LogP contribution in [-0.2, 0) is 27.1 Å². The largest absolute Gasteiger partial charge is 0.457 e. The SMILES string of the molecule is Cc1cc(C)c(-c2cc(Oc3cccc(C4(c5ccccn5)c5cc(C(C)(C)C)ccc5-c5ccc(C(C)(C)C)cc54)c3)cc(-c3cc(N(c4ccc(C(C)(C)C)cc4)c4ccc(C(C)(C)C)cc4)ccn3)c2)c(C)c1. The maximum absolute atomic E-state index is 7.25. The van der Waals surface area contributed by atoms with E-state index in [1.807, 2.05) is 18.5 Å². The third kappa shape index (κ3) is 9.79. The number of pyridine rings is 2. The molecule has 0 radical (unpaired) electrons. The summed E-state index contributed by atoms with van der Waals surface area (Å²) in [4.78, 5) is 12.7. The minimum atomic E-state index is -0.729. The van der Waals surface area contributed by atoms with Crippen molar-refractivity contribution in [2.75, 3.05) is 4.90 Å². The Morgan fingerprint density at radius 3 is 1.45 bits per heavy atom. The molecule has 2 heterocycles. The first-order chi connectivity index (χ1) is 35.9. The van der Waals surface area contributed by atoms with E-state index in [1.54, 1.807) is 0 Å². The van der Waals surface area contributed by atoms with Crippen LogP contribution < -0.4 is 9.64 Å². The van der Waals surface area contributed by atoms with Crippen LogP contribution in [0.4, 0.5) is 17.1 Å². The zero-order valence-corrected chi connectivity index (χ0v) is 47.6. The van der Waals surface area contributed by atoms with Crippen molar-refractivity contribution in [3.63, 3.8) is 0 Å². The Morgan fingerprint density at radius 1 is 0.408 bits per heavy atom. The van der Waals surface area contributed by atoms with Crippen LogP contribution in [0.3, 0.4) is 0 Å². The van der Waals surface area contributed by atoms with Crippen molar-refractivity contribution in [3.8, 4) is 45.0 Å². The first kappa shape index (κ1) is 51.9. The Morgan fingerprint density at radius 2 is 0.934 bits per heavy atom. The van der Waals surface area contributed by atoms with Crippen LogP contribution >= 0.6 is 0 Å². The highest BCUT2D eigenvalue weighted by Gasteiger charge is 2.48. The third-order valence-corrected chi connectivity index (χ3v) is 15.6. The Hall–Kier alpha value is -7.56. The van der Waals surface area contributed by atoms with Crippen molar-refractivity contribution in [1.29, 1.82) is 0 Å². The van der Waals surface area contributed by atoms with Gasteiger partial charge in [0.25, 0.3) is 0 Å². The Kier molecular flexibility index (Phi) is 13.1. The molecule has 0 atom stereocenters. The zero-order valence-electron chi connectivity index (χ0n) is 47.6. The van der Waals surface area contributed by atoms with Gasteiger partial charge in [-0.1, -0.05) is 180 Å². The average molecular weight is 998 g/mol.